The SMILES string of the molecule is CC(C)Oc1ccc(Oc2cc(-c3c(Cl)n4n(c3=O)CCCC4)c(F)cc2Cl)cc1.O=c1c(-c2cc(Oc3ccc(O)cc3)c(Cl)cc2F)c(Cl)n2n1CCCC2. The molecule has 8 rings (SSSR count). The molecule has 0 saturated heterocycles. The fraction of sp³-hybridized carbons (Fsp3) is 0.268. The molecule has 16 heteroatoms. The number of hydrogen-bond donors (Lipinski definition) is 1. The highest BCUT2D eigenvalue weighted by molar-refractivity contribution is 6.34. The molecule has 0 spiro atoms. The van der Waals surface area contributed by atoms with Gasteiger partial charge in [-0.3, -0.25) is 19.0 Å². The first-order valence-electron chi connectivity index (χ1n) is 18.2. The Kier molecular flexibility index (Phi) is 12.0. The summed E-state index contributed by atoms with van der Waals surface area (Å²) in [5.74, 6) is 0.848. The van der Waals surface area contributed by atoms with Gasteiger partial charge in [-0.15, -0.1) is 0 Å². The molecule has 6 aromatic rings. The zero-order valence-electron chi connectivity index (χ0n) is 30.7. The molecule has 298 valence electrons. The van der Waals surface area contributed by atoms with Crippen LogP contribution in [0.5, 0.6) is 34.5 Å². The van der Waals surface area contributed by atoms with E-state index in [0.29, 0.717) is 43.4 Å². The van der Waals surface area contributed by atoms with Crippen molar-refractivity contribution in [1.29, 1.82) is 0 Å². The summed E-state index contributed by atoms with van der Waals surface area (Å²) in [5, 5.41) is 9.95. The Bertz CT molecular complexity index is 2570. The van der Waals surface area contributed by atoms with Crippen LogP contribution in [-0.4, -0.2) is 29.9 Å². The Morgan fingerprint density at radius 1 is 0.579 bits per heavy atom. The van der Waals surface area contributed by atoms with Crippen molar-refractivity contribution in [3.05, 3.63) is 125 Å². The third-order valence-corrected chi connectivity index (χ3v) is 10.8. The van der Waals surface area contributed by atoms with Crippen molar-refractivity contribution in [3.63, 3.8) is 0 Å². The van der Waals surface area contributed by atoms with Crippen LogP contribution < -0.4 is 25.3 Å². The molecular formula is C41H36Cl4F2N4O6. The lowest BCUT2D eigenvalue weighted by Crippen LogP contribution is -2.27. The Balaban J connectivity index is 0.000000175. The first-order chi connectivity index (χ1) is 27.3. The summed E-state index contributed by atoms with van der Waals surface area (Å²) in [7, 11) is 0. The molecule has 0 fully saturated rings. The third-order valence-electron chi connectivity index (χ3n) is 9.39. The van der Waals surface area contributed by atoms with E-state index in [2.05, 4.69) is 0 Å². The van der Waals surface area contributed by atoms with E-state index in [1.807, 2.05) is 13.8 Å². The normalized spacial score (nSPS) is 13.4. The molecule has 57 heavy (non-hydrogen) atoms. The van der Waals surface area contributed by atoms with Gasteiger partial charge in [0.15, 0.2) is 0 Å². The minimum absolute atomic E-state index is 0.0394. The average Bonchev–Trinajstić information content (AvgIpc) is 3.59. The highest BCUT2D eigenvalue weighted by atomic mass is 35.5. The lowest BCUT2D eigenvalue weighted by molar-refractivity contribution is 0.242. The van der Waals surface area contributed by atoms with Crippen molar-refractivity contribution in [3.8, 4) is 56.8 Å². The van der Waals surface area contributed by atoms with Gasteiger partial charge in [-0.25, -0.2) is 18.1 Å². The highest BCUT2D eigenvalue weighted by Crippen LogP contribution is 2.40. The van der Waals surface area contributed by atoms with Gasteiger partial charge in [-0.05, 0) is 112 Å². The van der Waals surface area contributed by atoms with Gasteiger partial charge in [0.1, 0.15) is 56.4 Å². The zero-order valence-corrected chi connectivity index (χ0v) is 33.7. The summed E-state index contributed by atoms with van der Waals surface area (Å²) in [6.45, 7) is 6.22. The fourth-order valence-corrected chi connectivity index (χ4v) is 7.82. The van der Waals surface area contributed by atoms with Crippen LogP contribution in [0.25, 0.3) is 22.3 Å². The predicted molar refractivity (Wildman–Crippen MR) is 217 cm³/mol. The molecule has 0 aliphatic carbocycles. The van der Waals surface area contributed by atoms with Crippen LogP contribution in [-0.2, 0) is 26.2 Å². The summed E-state index contributed by atoms with van der Waals surface area (Å²) in [5.41, 5.74) is -0.323. The average molecular weight is 861 g/mol. The van der Waals surface area contributed by atoms with Gasteiger partial charge in [0, 0.05) is 37.3 Å². The topological polar surface area (TPSA) is 102 Å². The number of phenolic OH excluding ortho intramolecular Hbond substituents is 1. The van der Waals surface area contributed by atoms with Gasteiger partial charge < -0.3 is 19.3 Å². The summed E-state index contributed by atoms with van der Waals surface area (Å²) >= 11 is 25.2. The van der Waals surface area contributed by atoms with Crippen molar-refractivity contribution in [2.75, 3.05) is 0 Å². The fourth-order valence-electron chi connectivity index (χ4n) is 6.73. The van der Waals surface area contributed by atoms with Gasteiger partial charge in [0.05, 0.1) is 27.3 Å². The van der Waals surface area contributed by atoms with Crippen molar-refractivity contribution < 1.29 is 28.1 Å². The number of fused-ring (bicyclic) bond motifs is 2. The molecule has 0 radical (unpaired) electrons. The van der Waals surface area contributed by atoms with Crippen molar-refractivity contribution >= 4 is 46.4 Å². The number of aromatic nitrogens is 4. The summed E-state index contributed by atoms with van der Waals surface area (Å²) < 4.78 is 53.1. The van der Waals surface area contributed by atoms with E-state index in [-0.39, 0.29) is 77.1 Å². The number of phenols is 1. The number of hydrogen-bond acceptors (Lipinski definition) is 6. The summed E-state index contributed by atoms with van der Waals surface area (Å²) in [6, 6.07) is 18.1. The van der Waals surface area contributed by atoms with Crippen molar-refractivity contribution in [1.82, 2.24) is 18.7 Å². The summed E-state index contributed by atoms with van der Waals surface area (Å²) in [4.78, 5) is 25.6. The maximum atomic E-state index is 14.8. The standard InChI is InChI=1S/C22H21Cl2FN2O3.C19H15Cl2FN2O3/c1-13(2)29-14-5-7-15(8-6-14)30-19-11-16(18(25)12-17(19)23)20-21(24)26-9-3-4-10-27(26)22(20)28;20-14-10-15(22)13(9-16(14)27-12-5-3-11(25)4-6-12)17-18(21)23-7-1-2-8-24(23)19(17)26/h5-8,11-13H,3-4,9-10H2,1-2H3;3-6,9-10,25H,1-2,7-8H2. The van der Waals surface area contributed by atoms with Gasteiger partial charge in [-0.1, -0.05) is 46.4 Å². The molecule has 10 nitrogen and oxygen atoms in total. The van der Waals surface area contributed by atoms with Gasteiger partial charge in [0.2, 0.25) is 0 Å². The Morgan fingerprint density at radius 2 is 0.947 bits per heavy atom. The van der Waals surface area contributed by atoms with Crippen LogP contribution in [0, 0.1) is 11.6 Å². The molecule has 2 aliphatic heterocycles. The number of aromatic hydroxyl groups is 1. The Hall–Kier alpha value is -4.88. The third kappa shape index (κ3) is 8.41. The van der Waals surface area contributed by atoms with E-state index in [4.69, 9.17) is 60.6 Å². The van der Waals surface area contributed by atoms with Gasteiger partial charge in [0.25, 0.3) is 11.1 Å². The van der Waals surface area contributed by atoms with E-state index in [1.165, 1.54) is 28.9 Å². The van der Waals surface area contributed by atoms with Crippen LogP contribution in [0.3, 0.4) is 0 Å². The maximum absolute atomic E-state index is 14.8. The molecule has 0 atom stereocenters. The largest absolute Gasteiger partial charge is 0.508 e. The minimum Gasteiger partial charge on any atom is -0.508 e. The monoisotopic (exact) mass is 858 g/mol. The number of nitrogens with zero attached hydrogens (tertiary/aromatic N) is 4. The van der Waals surface area contributed by atoms with Crippen LogP contribution in [0.4, 0.5) is 8.78 Å². The van der Waals surface area contributed by atoms with E-state index < -0.39 is 11.6 Å². The maximum Gasteiger partial charge on any atom is 0.276 e. The minimum atomic E-state index is -0.652. The first-order valence-corrected chi connectivity index (χ1v) is 19.7. The quantitative estimate of drug-likeness (QED) is 0.164. The second-order valence-corrected chi connectivity index (χ2v) is 15.2. The molecule has 0 amide bonds. The Morgan fingerprint density at radius 3 is 1.33 bits per heavy atom. The molecule has 0 saturated carbocycles. The van der Waals surface area contributed by atoms with Crippen molar-refractivity contribution in [2.45, 2.75) is 71.8 Å². The molecular weight excluding hydrogens is 824 g/mol. The van der Waals surface area contributed by atoms with Crippen LogP contribution in [0.15, 0.2) is 82.4 Å². The second kappa shape index (κ2) is 16.9. The number of benzene rings is 4. The molecule has 2 aromatic heterocycles. The predicted octanol–water partition coefficient (Wildman–Crippen LogP) is 11.2. The molecule has 2 aliphatic rings. The molecule has 1 N–H and O–H groups in total. The van der Waals surface area contributed by atoms with Crippen molar-refractivity contribution in [2.24, 2.45) is 0 Å². The highest BCUT2D eigenvalue weighted by Gasteiger charge is 2.27. The first kappa shape index (κ1) is 40.3. The zero-order chi connectivity index (χ0) is 40.5. The van der Waals surface area contributed by atoms with Crippen LogP contribution in [0.2, 0.25) is 20.4 Å². The number of halogens is 6. The van der Waals surface area contributed by atoms with E-state index >= 15 is 0 Å². The summed E-state index contributed by atoms with van der Waals surface area (Å²) in [6.07, 6.45) is 3.64. The Labute approximate surface area is 345 Å². The van der Waals surface area contributed by atoms with Gasteiger partial charge >= 0.3 is 0 Å². The molecule has 0 bridgehead atoms. The number of ether oxygens (including phenoxy) is 3. The lowest BCUT2D eigenvalue weighted by atomic mass is 10.1. The molecule has 4 heterocycles. The van der Waals surface area contributed by atoms with Crippen LogP contribution >= 0.6 is 46.4 Å². The smallest absolute Gasteiger partial charge is 0.276 e. The molecule has 0 unspecified atom stereocenters. The van der Waals surface area contributed by atoms with E-state index in [9.17, 15) is 23.5 Å². The molecule has 4 aromatic carbocycles. The van der Waals surface area contributed by atoms with E-state index in [1.54, 1.807) is 50.4 Å². The van der Waals surface area contributed by atoms with E-state index in [0.717, 1.165) is 37.8 Å². The number of rotatable bonds is 8. The lowest BCUT2D eigenvalue weighted by Gasteiger charge is -2.17. The van der Waals surface area contributed by atoms with Crippen LogP contribution in [0.1, 0.15) is 39.5 Å². The second-order valence-electron chi connectivity index (χ2n) is 13.7. The van der Waals surface area contributed by atoms with Gasteiger partial charge in [-0.2, -0.15) is 0 Å².